The molecule has 4 rings (SSSR count). The van der Waals surface area contributed by atoms with Gasteiger partial charge in [-0.15, -0.1) is 0 Å². The number of benzene rings is 3. The Morgan fingerprint density at radius 1 is 0.935 bits per heavy atom. The maximum Gasteiger partial charge on any atom is 0.244 e. The molecule has 4 aromatic rings. The second-order valence-electron chi connectivity index (χ2n) is 8.90. The average molecular weight is 412 g/mol. The standard InChI is InChI=1S/C27H29N3O/c1-5-19-10-6-7-11-22(19)28-25(31)18-30-24-13-9-8-12-23(24)29-26(30)20-14-16-21(17-15-20)27(2,3)4/h6-17H,5,18H2,1-4H3,(H,28,31). The molecule has 0 saturated carbocycles. The quantitative estimate of drug-likeness (QED) is 0.425. The number of fused-ring (bicyclic) bond motifs is 1. The fraction of sp³-hybridized carbons (Fsp3) is 0.259. The van der Waals surface area contributed by atoms with Gasteiger partial charge in [-0.1, -0.05) is 82.3 Å². The first-order valence-corrected chi connectivity index (χ1v) is 10.8. The van der Waals surface area contributed by atoms with Crippen molar-refractivity contribution in [2.24, 2.45) is 0 Å². The second kappa shape index (κ2) is 8.38. The van der Waals surface area contributed by atoms with Crippen LogP contribution in [-0.4, -0.2) is 15.5 Å². The number of nitrogens with zero attached hydrogens (tertiary/aromatic N) is 2. The van der Waals surface area contributed by atoms with E-state index in [1.54, 1.807) is 0 Å². The normalized spacial score (nSPS) is 11.6. The molecule has 3 aromatic carbocycles. The Balaban J connectivity index is 1.69. The van der Waals surface area contributed by atoms with E-state index < -0.39 is 0 Å². The van der Waals surface area contributed by atoms with E-state index in [0.29, 0.717) is 0 Å². The van der Waals surface area contributed by atoms with Crippen molar-refractivity contribution in [3.05, 3.63) is 83.9 Å². The molecule has 0 saturated heterocycles. The molecule has 158 valence electrons. The molecule has 4 nitrogen and oxygen atoms in total. The third kappa shape index (κ3) is 4.38. The van der Waals surface area contributed by atoms with Gasteiger partial charge >= 0.3 is 0 Å². The summed E-state index contributed by atoms with van der Waals surface area (Å²) in [5, 5.41) is 3.08. The molecule has 0 aliphatic carbocycles. The number of imidazole rings is 1. The van der Waals surface area contributed by atoms with E-state index in [2.05, 4.69) is 57.3 Å². The molecular formula is C27H29N3O. The number of hydrogen-bond donors (Lipinski definition) is 1. The minimum Gasteiger partial charge on any atom is -0.324 e. The molecule has 31 heavy (non-hydrogen) atoms. The van der Waals surface area contributed by atoms with E-state index in [0.717, 1.165) is 40.1 Å². The molecule has 0 unspecified atom stereocenters. The number of rotatable bonds is 5. The van der Waals surface area contributed by atoms with E-state index in [1.165, 1.54) is 5.56 Å². The predicted molar refractivity (Wildman–Crippen MR) is 128 cm³/mol. The minimum atomic E-state index is -0.0587. The number of nitrogens with one attached hydrogen (secondary N) is 1. The highest BCUT2D eigenvalue weighted by atomic mass is 16.1. The molecule has 1 heterocycles. The van der Waals surface area contributed by atoms with Crippen LogP contribution in [0.25, 0.3) is 22.4 Å². The van der Waals surface area contributed by atoms with Gasteiger partial charge in [0.1, 0.15) is 12.4 Å². The summed E-state index contributed by atoms with van der Waals surface area (Å²) in [6, 6.07) is 24.4. The van der Waals surface area contributed by atoms with Crippen LogP contribution >= 0.6 is 0 Å². The van der Waals surface area contributed by atoms with Gasteiger partial charge in [0.15, 0.2) is 0 Å². The number of amides is 1. The Kier molecular flexibility index (Phi) is 5.64. The summed E-state index contributed by atoms with van der Waals surface area (Å²) in [6.07, 6.45) is 0.871. The monoisotopic (exact) mass is 411 g/mol. The van der Waals surface area contributed by atoms with Crippen LogP contribution < -0.4 is 5.32 Å². The molecule has 1 N–H and O–H groups in total. The number of anilines is 1. The average Bonchev–Trinajstić information content (AvgIpc) is 3.12. The van der Waals surface area contributed by atoms with E-state index >= 15 is 0 Å². The van der Waals surface area contributed by atoms with Crippen molar-refractivity contribution in [3.63, 3.8) is 0 Å². The van der Waals surface area contributed by atoms with Crippen LogP contribution in [0.1, 0.15) is 38.8 Å². The van der Waals surface area contributed by atoms with Crippen LogP contribution in [0.15, 0.2) is 72.8 Å². The molecule has 0 fully saturated rings. The molecule has 0 radical (unpaired) electrons. The number of hydrogen-bond acceptors (Lipinski definition) is 2. The zero-order valence-electron chi connectivity index (χ0n) is 18.6. The third-order valence-electron chi connectivity index (χ3n) is 5.64. The molecule has 0 aliphatic rings. The zero-order chi connectivity index (χ0) is 22.0. The van der Waals surface area contributed by atoms with E-state index in [-0.39, 0.29) is 17.9 Å². The van der Waals surface area contributed by atoms with E-state index in [4.69, 9.17) is 4.98 Å². The third-order valence-corrected chi connectivity index (χ3v) is 5.64. The molecule has 0 aliphatic heterocycles. The Morgan fingerprint density at radius 3 is 2.32 bits per heavy atom. The first-order valence-electron chi connectivity index (χ1n) is 10.8. The van der Waals surface area contributed by atoms with E-state index in [1.807, 2.05) is 53.1 Å². The van der Waals surface area contributed by atoms with Crippen LogP contribution in [0.5, 0.6) is 0 Å². The Labute approximate surface area is 183 Å². The zero-order valence-corrected chi connectivity index (χ0v) is 18.6. The summed E-state index contributed by atoms with van der Waals surface area (Å²) in [4.78, 5) is 17.9. The topological polar surface area (TPSA) is 46.9 Å². The van der Waals surface area contributed by atoms with Crippen LogP contribution in [0.4, 0.5) is 5.69 Å². The lowest BCUT2D eigenvalue weighted by Crippen LogP contribution is -2.20. The summed E-state index contributed by atoms with van der Waals surface area (Å²) < 4.78 is 2.01. The van der Waals surface area contributed by atoms with Crippen molar-refractivity contribution in [1.29, 1.82) is 0 Å². The fourth-order valence-electron chi connectivity index (χ4n) is 3.86. The highest BCUT2D eigenvalue weighted by molar-refractivity contribution is 5.93. The number of aromatic nitrogens is 2. The lowest BCUT2D eigenvalue weighted by atomic mass is 9.87. The fourth-order valence-corrected chi connectivity index (χ4v) is 3.86. The van der Waals surface area contributed by atoms with Gasteiger partial charge in [0.25, 0.3) is 0 Å². The van der Waals surface area contributed by atoms with Crippen molar-refractivity contribution in [1.82, 2.24) is 9.55 Å². The van der Waals surface area contributed by atoms with Crippen molar-refractivity contribution in [3.8, 4) is 11.4 Å². The highest BCUT2D eigenvalue weighted by Gasteiger charge is 2.18. The number of para-hydroxylation sites is 3. The van der Waals surface area contributed by atoms with Crippen LogP contribution in [-0.2, 0) is 23.2 Å². The Bertz CT molecular complexity index is 1210. The van der Waals surface area contributed by atoms with Gasteiger partial charge in [0, 0.05) is 11.3 Å². The Hall–Kier alpha value is -3.40. The predicted octanol–water partition coefficient (Wildman–Crippen LogP) is 6.20. The van der Waals surface area contributed by atoms with Crippen LogP contribution in [0.2, 0.25) is 0 Å². The molecule has 1 aromatic heterocycles. The van der Waals surface area contributed by atoms with Gasteiger partial charge < -0.3 is 9.88 Å². The SMILES string of the molecule is CCc1ccccc1NC(=O)Cn1c(-c2ccc(C(C)(C)C)cc2)nc2ccccc21. The summed E-state index contributed by atoms with van der Waals surface area (Å²) in [5.74, 6) is 0.747. The lowest BCUT2D eigenvalue weighted by molar-refractivity contribution is -0.116. The minimum absolute atomic E-state index is 0.0587. The molecule has 0 atom stereocenters. The van der Waals surface area contributed by atoms with Gasteiger partial charge in [-0.3, -0.25) is 4.79 Å². The van der Waals surface area contributed by atoms with Gasteiger partial charge in [-0.05, 0) is 41.2 Å². The van der Waals surface area contributed by atoms with Crippen molar-refractivity contribution in [2.45, 2.75) is 46.1 Å². The number of aryl methyl sites for hydroxylation is 1. The summed E-state index contributed by atoms with van der Waals surface area (Å²) in [7, 11) is 0. The summed E-state index contributed by atoms with van der Waals surface area (Å²) in [6.45, 7) is 8.91. The maximum atomic E-state index is 13.0. The first-order chi connectivity index (χ1) is 14.9. The largest absolute Gasteiger partial charge is 0.324 e. The van der Waals surface area contributed by atoms with Crippen molar-refractivity contribution in [2.75, 3.05) is 5.32 Å². The van der Waals surface area contributed by atoms with Crippen LogP contribution in [0, 0.1) is 0 Å². The summed E-state index contributed by atoms with van der Waals surface area (Å²) >= 11 is 0. The number of carbonyl (C=O) groups is 1. The smallest absolute Gasteiger partial charge is 0.244 e. The lowest BCUT2D eigenvalue weighted by Gasteiger charge is -2.19. The van der Waals surface area contributed by atoms with E-state index in [9.17, 15) is 4.79 Å². The molecule has 0 spiro atoms. The second-order valence-corrected chi connectivity index (χ2v) is 8.90. The van der Waals surface area contributed by atoms with Gasteiger partial charge in [-0.2, -0.15) is 0 Å². The van der Waals surface area contributed by atoms with Crippen LogP contribution in [0.3, 0.4) is 0 Å². The maximum absolute atomic E-state index is 13.0. The number of carbonyl (C=O) groups excluding carboxylic acids is 1. The summed E-state index contributed by atoms with van der Waals surface area (Å²) in [5.41, 5.74) is 6.21. The van der Waals surface area contributed by atoms with Gasteiger partial charge in [0.2, 0.25) is 5.91 Å². The molecule has 0 bridgehead atoms. The molecule has 1 amide bonds. The van der Waals surface area contributed by atoms with Gasteiger partial charge in [0.05, 0.1) is 11.0 Å². The Morgan fingerprint density at radius 2 is 1.61 bits per heavy atom. The highest BCUT2D eigenvalue weighted by Crippen LogP contribution is 2.28. The van der Waals surface area contributed by atoms with Gasteiger partial charge in [-0.25, -0.2) is 4.98 Å². The first kappa shape index (κ1) is 20.9. The van der Waals surface area contributed by atoms with Crippen molar-refractivity contribution >= 4 is 22.6 Å². The molecular weight excluding hydrogens is 382 g/mol. The molecule has 4 heteroatoms. The van der Waals surface area contributed by atoms with Crippen molar-refractivity contribution < 1.29 is 4.79 Å².